The van der Waals surface area contributed by atoms with Crippen molar-refractivity contribution in [3.8, 4) is 0 Å². The monoisotopic (exact) mass is 455 g/mol. The highest BCUT2D eigenvalue weighted by molar-refractivity contribution is 6.12. The first-order valence-corrected chi connectivity index (χ1v) is 12.9. The number of aromatic carboxylic acids is 2. The van der Waals surface area contributed by atoms with Crippen molar-refractivity contribution in [3.63, 3.8) is 0 Å². The van der Waals surface area contributed by atoms with Gasteiger partial charge < -0.3 is 15.9 Å². The van der Waals surface area contributed by atoms with Gasteiger partial charge in [0.25, 0.3) is 0 Å². The Balaban J connectivity index is 2.11. The number of hydrogen-bond acceptors (Lipinski definition) is 3. The lowest BCUT2D eigenvalue weighted by molar-refractivity contribution is 0.0647. The van der Waals surface area contributed by atoms with Crippen LogP contribution in [-0.4, -0.2) is 28.1 Å². The number of amides is 1. The van der Waals surface area contributed by atoms with Crippen LogP contribution in [0.1, 0.15) is 162 Å². The second-order valence-electron chi connectivity index (χ2n) is 10.3. The summed E-state index contributed by atoms with van der Waals surface area (Å²) in [6, 6.07) is 0. The minimum absolute atomic E-state index is 0.0214. The molecule has 4 N–H and O–H groups in total. The van der Waals surface area contributed by atoms with E-state index >= 15 is 0 Å². The molecule has 33 heavy (non-hydrogen) atoms. The Morgan fingerprint density at radius 3 is 1.18 bits per heavy atom. The van der Waals surface area contributed by atoms with Gasteiger partial charge in [0.2, 0.25) is 5.91 Å². The van der Waals surface area contributed by atoms with Gasteiger partial charge in [-0.15, -0.1) is 0 Å². The molecule has 180 valence electrons. The molecule has 3 saturated carbocycles. The van der Waals surface area contributed by atoms with Crippen molar-refractivity contribution in [2.45, 2.75) is 114 Å². The summed E-state index contributed by atoms with van der Waals surface area (Å²) in [5.41, 5.74) is 7.85. The van der Waals surface area contributed by atoms with E-state index in [4.69, 9.17) is 5.73 Å². The second kappa shape index (κ2) is 10.3. The largest absolute Gasteiger partial charge is 0.478 e. The molecule has 0 unspecified atom stereocenters. The summed E-state index contributed by atoms with van der Waals surface area (Å²) in [7, 11) is 0. The van der Waals surface area contributed by atoms with Gasteiger partial charge >= 0.3 is 11.9 Å². The molecule has 4 rings (SSSR count). The molecule has 1 amide bonds. The van der Waals surface area contributed by atoms with E-state index in [1.54, 1.807) is 0 Å². The Morgan fingerprint density at radius 1 is 0.515 bits per heavy atom. The fourth-order valence-corrected chi connectivity index (χ4v) is 6.96. The number of carbonyl (C=O) groups is 3. The summed E-state index contributed by atoms with van der Waals surface area (Å²) >= 11 is 0. The normalized spacial score (nSPS) is 21.1. The Labute approximate surface area is 195 Å². The van der Waals surface area contributed by atoms with E-state index in [0.29, 0.717) is 0 Å². The van der Waals surface area contributed by atoms with Gasteiger partial charge in [-0.25, -0.2) is 9.59 Å². The zero-order valence-electron chi connectivity index (χ0n) is 19.5. The molecule has 3 fully saturated rings. The van der Waals surface area contributed by atoms with Gasteiger partial charge in [-0.1, -0.05) is 57.8 Å². The highest BCUT2D eigenvalue weighted by atomic mass is 16.4. The number of carboxylic acid groups (broad SMARTS) is 2. The number of carboxylic acids is 2. The van der Waals surface area contributed by atoms with Gasteiger partial charge in [0.05, 0.1) is 16.7 Å². The molecule has 0 bridgehead atoms. The molecule has 1 aromatic rings. The number of nitrogens with two attached hydrogens (primary N) is 1. The average molecular weight is 456 g/mol. The summed E-state index contributed by atoms with van der Waals surface area (Å²) < 4.78 is 0. The van der Waals surface area contributed by atoms with Crippen molar-refractivity contribution in [3.05, 3.63) is 33.4 Å². The van der Waals surface area contributed by atoms with Crippen molar-refractivity contribution in [1.29, 1.82) is 0 Å². The van der Waals surface area contributed by atoms with E-state index in [2.05, 4.69) is 0 Å². The van der Waals surface area contributed by atoms with Crippen LogP contribution in [0.4, 0.5) is 0 Å². The molecular weight excluding hydrogens is 418 g/mol. The fraction of sp³-hybridized carbons (Fsp3) is 0.667. The average Bonchev–Trinajstić information content (AvgIpc) is 2.83. The van der Waals surface area contributed by atoms with Gasteiger partial charge in [0, 0.05) is 0 Å². The standard InChI is InChI=1S/C27H37NO5/c28-25(29)22-20(17-12-6-2-7-13-17)19(16-10-4-1-5-11-16)21(18-14-8-3-9-15-18)23(26(30)31)24(22)27(32)33/h16-18H,1-15H2,(H2,28,29)(H,30,31)(H,32,33). The molecule has 0 aliphatic heterocycles. The van der Waals surface area contributed by atoms with Crippen molar-refractivity contribution < 1.29 is 24.6 Å². The van der Waals surface area contributed by atoms with E-state index in [1.807, 2.05) is 0 Å². The predicted molar refractivity (Wildman–Crippen MR) is 126 cm³/mol. The number of hydrogen-bond donors (Lipinski definition) is 3. The topological polar surface area (TPSA) is 118 Å². The first-order chi connectivity index (χ1) is 15.9. The van der Waals surface area contributed by atoms with Crippen molar-refractivity contribution >= 4 is 17.8 Å². The third-order valence-corrected chi connectivity index (χ3v) is 8.33. The molecule has 0 spiro atoms. The quantitative estimate of drug-likeness (QED) is 0.463. The van der Waals surface area contributed by atoms with Crippen LogP contribution in [0.2, 0.25) is 0 Å². The van der Waals surface area contributed by atoms with Gasteiger partial charge in [-0.3, -0.25) is 4.79 Å². The third kappa shape index (κ3) is 4.67. The number of carbonyl (C=O) groups excluding carboxylic acids is 1. The molecule has 0 heterocycles. The Hall–Kier alpha value is -2.37. The Bertz CT molecular complexity index is 862. The lowest BCUT2D eigenvalue weighted by Gasteiger charge is -2.37. The van der Waals surface area contributed by atoms with Crippen LogP contribution in [0, 0.1) is 0 Å². The van der Waals surface area contributed by atoms with Gasteiger partial charge in [-0.05, 0) is 73.0 Å². The third-order valence-electron chi connectivity index (χ3n) is 8.33. The predicted octanol–water partition coefficient (Wildman–Crippen LogP) is 6.33. The van der Waals surface area contributed by atoms with Crippen molar-refractivity contribution in [2.24, 2.45) is 5.73 Å². The number of benzene rings is 1. The SMILES string of the molecule is NC(=O)c1c(C(=O)O)c(C(=O)O)c(C2CCCCC2)c(C2CCCCC2)c1C1CCCCC1. The molecule has 0 atom stereocenters. The minimum atomic E-state index is -1.36. The molecule has 0 radical (unpaired) electrons. The molecule has 0 aromatic heterocycles. The fourth-order valence-electron chi connectivity index (χ4n) is 6.96. The summed E-state index contributed by atoms with van der Waals surface area (Å²) in [4.78, 5) is 38.1. The Morgan fingerprint density at radius 2 is 0.848 bits per heavy atom. The minimum Gasteiger partial charge on any atom is -0.478 e. The molecule has 0 saturated heterocycles. The van der Waals surface area contributed by atoms with Crippen LogP contribution >= 0.6 is 0 Å². The summed E-state index contributed by atoms with van der Waals surface area (Å²) in [6.45, 7) is 0. The van der Waals surface area contributed by atoms with E-state index in [0.717, 1.165) is 113 Å². The molecule has 3 aliphatic carbocycles. The summed E-state index contributed by atoms with van der Waals surface area (Å²) in [5.74, 6) is -3.13. The summed E-state index contributed by atoms with van der Waals surface area (Å²) in [5, 5.41) is 20.6. The second-order valence-corrected chi connectivity index (χ2v) is 10.3. The van der Waals surface area contributed by atoms with Gasteiger partial charge in [-0.2, -0.15) is 0 Å². The molecule has 1 aromatic carbocycles. The van der Waals surface area contributed by atoms with E-state index < -0.39 is 17.8 Å². The highest BCUT2D eigenvalue weighted by Crippen LogP contribution is 2.50. The molecule has 3 aliphatic rings. The van der Waals surface area contributed by atoms with Crippen LogP contribution in [0.3, 0.4) is 0 Å². The van der Waals surface area contributed by atoms with Crippen molar-refractivity contribution in [1.82, 2.24) is 0 Å². The number of rotatable bonds is 6. The molecule has 6 heteroatoms. The Kier molecular flexibility index (Phi) is 7.40. The van der Waals surface area contributed by atoms with Crippen LogP contribution < -0.4 is 5.73 Å². The molecule has 6 nitrogen and oxygen atoms in total. The van der Waals surface area contributed by atoms with E-state index in [1.165, 1.54) is 0 Å². The molecular formula is C27H37NO5. The lowest BCUT2D eigenvalue weighted by Crippen LogP contribution is -2.30. The maximum atomic E-state index is 12.9. The summed E-state index contributed by atoms with van der Waals surface area (Å²) in [6.07, 6.45) is 15.2. The van der Waals surface area contributed by atoms with Crippen LogP contribution in [0.15, 0.2) is 0 Å². The first-order valence-electron chi connectivity index (χ1n) is 12.9. The number of primary amides is 1. The van der Waals surface area contributed by atoms with Gasteiger partial charge in [0.1, 0.15) is 0 Å². The zero-order valence-corrected chi connectivity index (χ0v) is 19.5. The maximum absolute atomic E-state index is 12.9. The van der Waals surface area contributed by atoms with E-state index in [9.17, 15) is 24.6 Å². The highest BCUT2D eigenvalue weighted by Gasteiger charge is 2.40. The smallest absolute Gasteiger partial charge is 0.337 e. The van der Waals surface area contributed by atoms with Crippen molar-refractivity contribution in [2.75, 3.05) is 0 Å². The lowest BCUT2D eigenvalue weighted by atomic mass is 9.67. The van der Waals surface area contributed by atoms with Crippen LogP contribution in [0.5, 0.6) is 0 Å². The van der Waals surface area contributed by atoms with Gasteiger partial charge in [0.15, 0.2) is 0 Å². The van der Waals surface area contributed by atoms with E-state index in [-0.39, 0.29) is 34.4 Å². The zero-order chi connectivity index (χ0) is 23.5. The first kappa shape index (κ1) is 23.8. The maximum Gasteiger partial charge on any atom is 0.337 e. The van der Waals surface area contributed by atoms with Crippen LogP contribution in [-0.2, 0) is 0 Å². The van der Waals surface area contributed by atoms with Crippen LogP contribution in [0.25, 0.3) is 0 Å².